The third kappa shape index (κ3) is 2.11. The molecule has 0 saturated carbocycles. The number of sulfonamides is 1. The molecule has 0 unspecified atom stereocenters. The summed E-state index contributed by atoms with van der Waals surface area (Å²) in [5.41, 5.74) is 0.944. The summed E-state index contributed by atoms with van der Waals surface area (Å²) in [5.74, 6) is 0. The zero-order chi connectivity index (χ0) is 14.3. The lowest BCUT2D eigenvalue weighted by Gasteiger charge is -2.26. The van der Waals surface area contributed by atoms with Gasteiger partial charge >= 0.3 is 0 Å². The van der Waals surface area contributed by atoms with Crippen molar-refractivity contribution in [3.8, 4) is 0 Å². The van der Waals surface area contributed by atoms with E-state index >= 15 is 0 Å². The average molecular weight is 314 g/mol. The molecule has 2 atom stereocenters. The summed E-state index contributed by atoms with van der Waals surface area (Å²) in [6.45, 7) is 0.829. The maximum Gasteiger partial charge on any atom is 0.245 e. The fourth-order valence-corrected chi connectivity index (χ4v) is 4.48. The Hall–Kier alpha value is -1.13. The van der Waals surface area contributed by atoms with Crippen LogP contribution in [0.4, 0.5) is 11.4 Å². The van der Waals surface area contributed by atoms with E-state index in [4.69, 9.17) is 0 Å². The predicted octanol–water partition coefficient (Wildman–Crippen LogP) is 0.366. The third-order valence-electron chi connectivity index (χ3n) is 3.52. The van der Waals surface area contributed by atoms with Crippen molar-refractivity contribution < 1.29 is 13.5 Å². The number of hydrogen-bond acceptors (Lipinski definition) is 6. The Morgan fingerprint density at radius 2 is 2.20 bits per heavy atom. The summed E-state index contributed by atoms with van der Waals surface area (Å²) < 4.78 is 34.7. The molecule has 20 heavy (non-hydrogen) atoms. The lowest BCUT2D eigenvalue weighted by Crippen LogP contribution is -2.44. The first-order valence-corrected chi connectivity index (χ1v) is 8.27. The summed E-state index contributed by atoms with van der Waals surface area (Å²) in [6, 6.07) is 4.42. The molecule has 108 valence electrons. The first kappa shape index (κ1) is 13.8. The molecule has 0 aliphatic carbocycles. The van der Waals surface area contributed by atoms with Crippen LogP contribution < -0.4 is 5.32 Å². The summed E-state index contributed by atoms with van der Waals surface area (Å²) >= 11 is 0.983. The minimum absolute atomic E-state index is 0.130. The molecule has 1 aromatic rings. The highest BCUT2D eigenvalue weighted by molar-refractivity contribution is 7.89. The molecule has 2 heterocycles. The van der Waals surface area contributed by atoms with Gasteiger partial charge in [-0.1, -0.05) is 6.07 Å². The normalized spacial score (nSPS) is 24.9. The molecule has 0 bridgehead atoms. The van der Waals surface area contributed by atoms with Gasteiger partial charge in [-0.15, -0.1) is 0 Å². The first-order valence-electron chi connectivity index (χ1n) is 6.10. The number of aliphatic hydroxyl groups excluding tert-OH is 1. The molecule has 0 aromatic heterocycles. The number of aliphatic hydroxyl groups is 1. The molecule has 3 rings (SSSR count). The Morgan fingerprint density at radius 3 is 2.90 bits per heavy atom. The van der Waals surface area contributed by atoms with E-state index in [2.05, 4.69) is 14.0 Å². The van der Waals surface area contributed by atoms with Gasteiger partial charge in [0, 0.05) is 20.1 Å². The second-order valence-corrected chi connectivity index (χ2v) is 7.20. The molecule has 1 fully saturated rings. The highest BCUT2D eigenvalue weighted by Gasteiger charge is 2.37. The van der Waals surface area contributed by atoms with E-state index in [0.29, 0.717) is 24.5 Å². The van der Waals surface area contributed by atoms with E-state index in [-0.39, 0.29) is 4.90 Å². The smallest absolute Gasteiger partial charge is 0.245 e. The topological polar surface area (TPSA) is 94.4 Å². The summed E-state index contributed by atoms with van der Waals surface area (Å²) in [6.07, 6.45) is -0.706. The third-order valence-corrected chi connectivity index (χ3v) is 5.98. The van der Waals surface area contributed by atoms with Crippen LogP contribution in [0, 0.1) is 0 Å². The Kier molecular flexibility index (Phi) is 3.46. The van der Waals surface area contributed by atoms with Gasteiger partial charge in [0.05, 0.1) is 23.5 Å². The number of likely N-dealkylation sites (N-methyl/N-ethyl adjacent to an activating group) is 1. The van der Waals surface area contributed by atoms with Gasteiger partial charge in [-0.25, -0.2) is 8.42 Å². The molecule has 9 heteroatoms. The maximum absolute atomic E-state index is 12.7. The lowest BCUT2D eigenvalue weighted by atomic mass is 10.2. The monoisotopic (exact) mass is 314 g/mol. The molecular formula is C11H14N4O3S2. The highest BCUT2D eigenvalue weighted by atomic mass is 32.2. The lowest BCUT2D eigenvalue weighted by molar-refractivity contribution is 0.136. The summed E-state index contributed by atoms with van der Waals surface area (Å²) in [5, 5.41) is 12.8. The quantitative estimate of drug-likeness (QED) is 0.855. The molecular weight excluding hydrogens is 300 g/mol. The summed E-state index contributed by atoms with van der Waals surface area (Å²) in [4.78, 5) is 0.130. The van der Waals surface area contributed by atoms with E-state index in [1.165, 1.54) is 17.4 Å². The standard InChI is InChI=1S/C11H14N4O3S2/c1-15(8-5-12-6-9(8)16)20(17,18)10-4-2-3-7-11(10)14-19-13-7/h2-4,8-9,12,16H,5-6H2,1H3/t8-,9-/m1/s1. The number of nitrogens with one attached hydrogen (secondary N) is 1. The SMILES string of the molecule is CN([C@@H]1CNC[C@H]1O)S(=O)(=O)c1cccc2c1N=S=N2. The van der Waals surface area contributed by atoms with E-state index < -0.39 is 22.2 Å². The maximum atomic E-state index is 12.7. The van der Waals surface area contributed by atoms with Crippen LogP contribution in [0.5, 0.6) is 0 Å². The number of β-amino-alcohol motifs (C(OH)–C–C–N with tert-alkyl or cyclic N) is 1. The predicted molar refractivity (Wildman–Crippen MR) is 75.6 cm³/mol. The first-order chi connectivity index (χ1) is 9.51. The minimum atomic E-state index is -3.71. The number of fused-ring (bicyclic) bond motifs is 1. The Balaban J connectivity index is 2.01. The van der Waals surface area contributed by atoms with E-state index in [1.54, 1.807) is 12.1 Å². The molecule has 0 spiro atoms. The van der Waals surface area contributed by atoms with Crippen LogP contribution in [0.3, 0.4) is 0 Å². The van der Waals surface area contributed by atoms with Gasteiger partial charge in [0.1, 0.15) is 16.3 Å². The Labute approximate surface area is 120 Å². The molecule has 2 aliphatic heterocycles. The number of nitrogens with zero attached hydrogens (tertiary/aromatic N) is 3. The van der Waals surface area contributed by atoms with Crippen LogP contribution >= 0.6 is 0 Å². The van der Waals surface area contributed by atoms with Crippen molar-refractivity contribution in [1.82, 2.24) is 9.62 Å². The molecule has 7 nitrogen and oxygen atoms in total. The van der Waals surface area contributed by atoms with Crippen molar-refractivity contribution in [3.63, 3.8) is 0 Å². The molecule has 2 N–H and O–H groups in total. The van der Waals surface area contributed by atoms with Gasteiger partial charge in [-0.3, -0.25) is 0 Å². The van der Waals surface area contributed by atoms with Crippen molar-refractivity contribution in [2.24, 2.45) is 8.73 Å². The van der Waals surface area contributed by atoms with Crippen molar-refractivity contribution in [2.45, 2.75) is 17.0 Å². The van der Waals surface area contributed by atoms with Crippen molar-refractivity contribution in [3.05, 3.63) is 18.2 Å². The van der Waals surface area contributed by atoms with Gasteiger partial charge in [-0.2, -0.15) is 13.0 Å². The van der Waals surface area contributed by atoms with Crippen LogP contribution in [-0.2, 0) is 21.4 Å². The minimum Gasteiger partial charge on any atom is -0.390 e. The fourth-order valence-electron chi connectivity index (χ4n) is 2.34. The van der Waals surface area contributed by atoms with Gasteiger partial charge in [0.2, 0.25) is 10.0 Å². The molecule has 0 radical (unpaired) electrons. The largest absolute Gasteiger partial charge is 0.390 e. The molecule has 0 amide bonds. The molecule has 1 saturated heterocycles. The van der Waals surface area contributed by atoms with E-state index in [0.717, 1.165) is 11.4 Å². The van der Waals surface area contributed by atoms with Crippen molar-refractivity contribution in [1.29, 1.82) is 0 Å². The van der Waals surface area contributed by atoms with Crippen LogP contribution in [0.25, 0.3) is 0 Å². The highest BCUT2D eigenvalue weighted by Crippen LogP contribution is 2.38. The second-order valence-electron chi connectivity index (χ2n) is 4.70. The molecule has 2 aliphatic rings. The van der Waals surface area contributed by atoms with E-state index in [1.807, 2.05) is 0 Å². The van der Waals surface area contributed by atoms with Gasteiger partial charge in [0.25, 0.3) is 0 Å². The zero-order valence-electron chi connectivity index (χ0n) is 10.7. The van der Waals surface area contributed by atoms with E-state index in [9.17, 15) is 13.5 Å². The average Bonchev–Trinajstić information content (AvgIpc) is 3.05. The zero-order valence-corrected chi connectivity index (χ0v) is 12.4. The van der Waals surface area contributed by atoms with Crippen molar-refractivity contribution >= 4 is 32.8 Å². The number of hydrogen-bond donors (Lipinski definition) is 2. The Bertz CT molecular complexity index is 712. The Morgan fingerprint density at radius 1 is 1.40 bits per heavy atom. The van der Waals surface area contributed by atoms with Crippen molar-refractivity contribution in [2.75, 3.05) is 20.1 Å². The second kappa shape index (κ2) is 5.01. The van der Waals surface area contributed by atoms with Gasteiger partial charge in [0.15, 0.2) is 0 Å². The molecule has 1 aromatic carbocycles. The number of rotatable bonds is 3. The number of benzene rings is 1. The van der Waals surface area contributed by atoms with Gasteiger partial charge in [-0.05, 0) is 12.1 Å². The van der Waals surface area contributed by atoms with Crippen LogP contribution in [0.15, 0.2) is 31.8 Å². The fraction of sp³-hybridized carbons (Fsp3) is 0.455. The summed E-state index contributed by atoms with van der Waals surface area (Å²) in [7, 11) is -2.23. The van der Waals surface area contributed by atoms with Crippen LogP contribution in [0.1, 0.15) is 0 Å². The van der Waals surface area contributed by atoms with Gasteiger partial charge < -0.3 is 10.4 Å². The van der Waals surface area contributed by atoms with Crippen LogP contribution in [-0.4, -0.2) is 50.1 Å². The van der Waals surface area contributed by atoms with Crippen LogP contribution in [0.2, 0.25) is 0 Å².